The van der Waals surface area contributed by atoms with Crippen LogP contribution in [0, 0.1) is 0 Å². The maximum absolute atomic E-state index is 11.6. The van der Waals surface area contributed by atoms with Crippen molar-refractivity contribution in [3.63, 3.8) is 0 Å². The van der Waals surface area contributed by atoms with E-state index in [0.29, 0.717) is 5.13 Å². The first kappa shape index (κ1) is 10.9. The van der Waals surface area contributed by atoms with Crippen LogP contribution in [0.3, 0.4) is 0 Å². The summed E-state index contributed by atoms with van der Waals surface area (Å²) in [6.45, 7) is 4.04. The van der Waals surface area contributed by atoms with E-state index in [1.54, 1.807) is 17.5 Å². The fourth-order valence-corrected chi connectivity index (χ4v) is 1.32. The van der Waals surface area contributed by atoms with Crippen LogP contribution in [0.4, 0.5) is 9.93 Å². The molecule has 1 N–H and O–H groups in total. The standard InChI is InChI=1S/C8H14N4OS/c1-4-6(2)12(3)8(13)10-7-11-9-5-14-7/h5-6H,4H2,1-3H3,(H,10,11,13). The van der Waals surface area contributed by atoms with Crippen LogP contribution in [-0.4, -0.2) is 34.2 Å². The molecule has 0 radical (unpaired) electrons. The van der Waals surface area contributed by atoms with E-state index in [1.807, 2.05) is 13.8 Å². The Bertz CT molecular complexity index is 288. The van der Waals surface area contributed by atoms with Gasteiger partial charge in [0.15, 0.2) is 0 Å². The number of rotatable bonds is 3. The predicted octanol–water partition coefficient (Wildman–Crippen LogP) is 1.80. The van der Waals surface area contributed by atoms with Gasteiger partial charge in [0.1, 0.15) is 5.51 Å². The first-order valence-electron chi connectivity index (χ1n) is 4.45. The Morgan fingerprint density at radius 1 is 1.79 bits per heavy atom. The minimum Gasteiger partial charge on any atom is -0.325 e. The normalized spacial score (nSPS) is 12.2. The highest BCUT2D eigenvalue weighted by Gasteiger charge is 2.14. The fourth-order valence-electron chi connectivity index (χ4n) is 0.881. The van der Waals surface area contributed by atoms with Gasteiger partial charge in [-0.1, -0.05) is 18.3 Å². The zero-order valence-corrected chi connectivity index (χ0v) is 9.34. The molecule has 1 aromatic rings. The van der Waals surface area contributed by atoms with Crippen LogP contribution in [0.15, 0.2) is 5.51 Å². The molecule has 0 saturated heterocycles. The Balaban J connectivity index is 2.50. The van der Waals surface area contributed by atoms with Crippen molar-refractivity contribution in [2.45, 2.75) is 26.3 Å². The number of anilines is 1. The van der Waals surface area contributed by atoms with Crippen LogP contribution in [0.1, 0.15) is 20.3 Å². The number of nitrogens with zero attached hydrogens (tertiary/aromatic N) is 3. The van der Waals surface area contributed by atoms with E-state index >= 15 is 0 Å². The Morgan fingerprint density at radius 2 is 2.50 bits per heavy atom. The van der Waals surface area contributed by atoms with Crippen molar-refractivity contribution >= 4 is 22.5 Å². The zero-order valence-electron chi connectivity index (χ0n) is 8.52. The van der Waals surface area contributed by atoms with Crippen molar-refractivity contribution in [2.75, 3.05) is 12.4 Å². The van der Waals surface area contributed by atoms with Gasteiger partial charge >= 0.3 is 6.03 Å². The molecule has 0 fully saturated rings. The monoisotopic (exact) mass is 214 g/mol. The largest absolute Gasteiger partial charge is 0.325 e. The third-order valence-corrected chi connectivity index (χ3v) is 2.75. The second-order valence-electron chi connectivity index (χ2n) is 3.04. The lowest BCUT2D eigenvalue weighted by molar-refractivity contribution is 0.206. The number of hydrogen-bond donors (Lipinski definition) is 1. The molecule has 1 rings (SSSR count). The van der Waals surface area contributed by atoms with Gasteiger partial charge in [-0.3, -0.25) is 5.32 Å². The van der Waals surface area contributed by atoms with Crippen LogP contribution in [0.25, 0.3) is 0 Å². The maximum Gasteiger partial charge on any atom is 0.323 e. The van der Waals surface area contributed by atoms with Gasteiger partial charge in [0.2, 0.25) is 5.13 Å². The highest BCUT2D eigenvalue weighted by atomic mass is 32.1. The second kappa shape index (κ2) is 4.90. The molecule has 0 aromatic carbocycles. The van der Waals surface area contributed by atoms with Crippen molar-refractivity contribution in [1.29, 1.82) is 0 Å². The molecule has 1 heterocycles. The summed E-state index contributed by atoms with van der Waals surface area (Å²) in [6, 6.07) is 0.0824. The number of aromatic nitrogens is 2. The van der Waals surface area contributed by atoms with Crippen molar-refractivity contribution in [2.24, 2.45) is 0 Å². The molecule has 0 bridgehead atoms. The lowest BCUT2D eigenvalue weighted by Crippen LogP contribution is -2.37. The predicted molar refractivity (Wildman–Crippen MR) is 56.4 cm³/mol. The second-order valence-corrected chi connectivity index (χ2v) is 3.88. The highest BCUT2D eigenvalue weighted by molar-refractivity contribution is 7.13. The third-order valence-electron chi connectivity index (χ3n) is 2.15. The highest BCUT2D eigenvalue weighted by Crippen LogP contribution is 2.10. The Labute approximate surface area is 87.1 Å². The minimum absolute atomic E-state index is 0.142. The van der Waals surface area contributed by atoms with Gasteiger partial charge in [-0.25, -0.2) is 4.79 Å². The third kappa shape index (κ3) is 2.66. The average molecular weight is 214 g/mol. The lowest BCUT2D eigenvalue weighted by atomic mass is 10.2. The minimum atomic E-state index is -0.142. The van der Waals surface area contributed by atoms with Gasteiger partial charge in [-0.05, 0) is 13.3 Å². The van der Waals surface area contributed by atoms with Gasteiger partial charge in [0.25, 0.3) is 0 Å². The molecule has 1 aromatic heterocycles. The molecule has 1 atom stereocenters. The average Bonchev–Trinajstić information content (AvgIpc) is 2.68. The topological polar surface area (TPSA) is 58.1 Å². The summed E-state index contributed by atoms with van der Waals surface area (Å²) in [7, 11) is 1.77. The van der Waals surface area contributed by atoms with E-state index in [-0.39, 0.29) is 12.1 Å². The van der Waals surface area contributed by atoms with Crippen molar-refractivity contribution in [1.82, 2.24) is 15.1 Å². The molecule has 78 valence electrons. The smallest absolute Gasteiger partial charge is 0.323 e. The molecule has 14 heavy (non-hydrogen) atoms. The maximum atomic E-state index is 11.6. The molecule has 0 saturated carbocycles. The lowest BCUT2D eigenvalue weighted by Gasteiger charge is -2.23. The molecule has 5 nitrogen and oxygen atoms in total. The zero-order chi connectivity index (χ0) is 10.6. The van der Waals surface area contributed by atoms with Gasteiger partial charge in [-0.15, -0.1) is 10.2 Å². The summed E-state index contributed by atoms with van der Waals surface area (Å²) in [5.74, 6) is 0. The molecule has 0 aliphatic rings. The van der Waals surface area contributed by atoms with Crippen LogP contribution in [0.5, 0.6) is 0 Å². The first-order valence-corrected chi connectivity index (χ1v) is 5.33. The quantitative estimate of drug-likeness (QED) is 0.834. The number of nitrogens with one attached hydrogen (secondary N) is 1. The first-order chi connectivity index (χ1) is 6.65. The summed E-state index contributed by atoms with van der Waals surface area (Å²) in [5, 5.41) is 10.6. The van der Waals surface area contributed by atoms with E-state index in [0.717, 1.165) is 6.42 Å². The number of carbonyl (C=O) groups is 1. The molecular weight excluding hydrogens is 200 g/mol. The molecule has 0 spiro atoms. The molecule has 0 aliphatic heterocycles. The number of urea groups is 1. The van der Waals surface area contributed by atoms with Crippen molar-refractivity contribution in [3.05, 3.63) is 5.51 Å². The summed E-state index contributed by atoms with van der Waals surface area (Å²) < 4.78 is 0. The molecular formula is C8H14N4OS. The van der Waals surface area contributed by atoms with Gasteiger partial charge < -0.3 is 4.90 Å². The van der Waals surface area contributed by atoms with Crippen LogP contribution in [-0.2, 0) is 0 Å². The Morgan fingerprint density at radius 3 is 3.00 bits per heavy atom. The number of hydrogen-bond acceptors (Lipinski definition) is 4. The van der Waals surface area contributed by atoms with Gasteiger partial charge in [-0.2, -0.15) is 0 Å². The fraction of sp³-hybridized carbons (Fsp3) is 0.625. The van der Waals surface area contributed by atoms with Crippen LogP contribution in [0.2, 0.25) is 0 Å². The van der Waals surface area contributed by atoms with Crippen LogP contribution >= 0.6 is 11.3 Å². The van der Waals surface area contributed by atoms with Crippen molar-refractivity contribution in [3.8, 4) is 0 Å². The SMILES string of the molecule is CCC(C)N(C)C(=O)Nc1nncs1. The molecule has 6 heteroatoms. The summed E-state index contributed by atoms with van der Waals surface area (Å²) in [6.07, 6.45) is 0.931. The Kier molecular flexibility index (Phi) is 3.82. The van der Waals surface area contributed by atoms with Gasteiger partial charge in [0.05, 0.1) is 0 Å². The van der Waals surface area contributed by atoms with E-state index in [1.165, 1.54) is 11.3 Å². The van der Waals surface area contributed by atoms with E-state index in [9.17, 15) is 4.79 Å². The molecule has 0 aliphatic carbocycles. The number of carbonyl (C=O) groups excluding carboxylic acids is 1. The summed E-state index contributed by atoms with van der Waals surface area (Å²) in [5.41, 5.74) is 1.58. The Hall–Kier alpha value is -1.17. The van der Waals surface area contributed by atoms with E-state index in [2.05, 4.69) is 15.5 Å². The summed E-state index contributed by atoms with van der Waals surface area (Å²) >= 11 is 1.31. The molecule has 1 unspecified atom stereocenters. The molecule has 2 amide bonds. The van der Waals surface area contributed by atoms with E-state index < -0.39 is 0 Å². The number of amides is 2. The van der Waals surface area contributed by atoms with E-state index in [4.69, 9.17) is 0 Å². The van der Waals surface area contributed by atoms with Crippen LogP contribution < -0.4 is 5.32 Å². The summed E-state index contributed by atoms with van der Waals surface area (Å²) in [4.78, 5) is 13.2. The van der Waals surface area contributed by atoms with Gasteiger partial charge in [0, 0.05) is 13.1 Å². The van der Waals surface area contributed by atoms with Crippen molar-refractivity contribution < 1.29 is 4.79 Å².